The number of piperidine rings is 1. The van der Waals surface area contributed by atoms with Gasteiger partial charge in [-0.15, -0.1) is 0 Å². The first-order valence-corrected chi connectivity index (χ1v) is 12.9. The molecule has 1 heterocycles. The van der Waals surface area contributed by atoms with E-state index in [-0.39, 0.29) is 15.8 Å². The van der Waals surface area contributed by atoms with Crippen molar-refractivity contribution in [1.82, 2.24) is 9.03 Å². The number of nitrogens with zero attached hydrogens (tertiary/aromatic N) is 1. The highest BCUT2D eigenvalue weighted by molar-refractivity contribution is 7.89. The van der Waals surface area contributed by atoms with E-state index in [0.29, 0.717) is 19.0 Å². The van der Waals surface area contributed by atoms with E-state index in [4.69, 9.17) is 0 Å². The third-order valence-corrected chi connectivity index (χ3v) is 9.35. The molecule has 1 atom stereocenters. The standard InChI is InChI=1S/C21H26N2O4S2/c1-16-12-14-23(15-13-16)29(26,27)19-9-7-18(8-10-19)28(24,25)22-21-11-6-17-4-2-3-5-20(17)21/h2-5,7-10,16,21-22H,6,11-15H2,1H3/t21-/m0/s1. The number of sulfonamides is 2. The molecule has 0 spiro atoms. The molecule has 1 aliphatic carbocycles. The molecule has 2 aromatic carbocycles. The molecule has 0 amide bonds. The third kappa shape index (κ3) is 4.12. The van der Waals surface area contributed by atoms with Crippen LogP contribution in [0.4, 0.5) is 0 Å². The zero-order valence-electron chi connectivity index (χ0n) is 16.4. The maximum Gasteiger partial charge on any atom is 0.243 e. The Kier molecular flexibility index (Phi) is 5.54. The Morgan fingerprint density at radius 2 is 1.48 bits per heavy atom. The summed E-state index contributed by atoms with van der Waals surface area (Å²) in [5.74, 6) is 0.528. The number of hydrogen-bond acceptors (Lipinski definition) is 4. The van der Waals surface area contributed by atoms with Crippen molar-refractivity contribution in [1.29, 1.82) is 0 Å². The van der Waals surface area contributed by atoms with Crippen molar-refractivity contribution in [3.8, 4) is 0 Å². The Labute approximate surface area is 173 Å². The van der Waals surface area contributed by atoms with Crippen LogP contribution in [0.15, 0.2) is 58.3 Å². The van der Waals surface area contributed by atoms with Crippen LogP contribution in [-0.2, 0) is 26.5 Å². The lowest BCUT2D eigenvalue weighted by molar-refractivity contribution is 0.288. The monoisotopic (exact) mass is 434 g/mol. The second kappa shape index (κ2) is 7.83. The van der Waals surface area contributed by atoms with Crippen molar-refractivity contribution >= 4 is 20.0 Å². The Morgan fingerprint density at radius 3 is 2.17 bits per heavy atom. The first kappa shape index (κ1) is 20.5. The topological polar surface area (TPSA) is 83.6 Å². The fraction of sp³-hybridized carbons (Fsp3) is 0.429. The molecule has 4 rings (SSSR count). The molecule has 2 aromatic rings. The van der Waals surface area contributed by atoms with Crippen molar-refractivity contribution in [2.24, 2.45) is 5.92 Å². The molecule has 8 heteroatoms. The SMILES string of the molecule is CC1CCN(S(=O)(=O)c2ccc(S(=O)(=O)N[C@H]3CCc4ccccc43)cc2)CC1. The molecule has 0 saturated carbocycles. The second-order valence-corrected chi connectivity index (χ2v) is 11.6. The molecule has 0 radical (unpaired) electrons. The maximum absolute atomic E-state index is 12.8. The lowest BCUT2D eigenvalue weighted by atomic mass is 10.0. The van der Waals surface area contributed by atoms with Crippen LogP contribution in [0.2, 0.25) is 0 Å². The van der Waals surface area contributed by atoms with E-state index in [1.165, 1.54) is 28.6 Å². The molecule has 0 unspecified atom stereocenters. The lowest BCUT2D eigenvalue weighted by Gasteiger charge is -2.29. The van der Waals surface area contributed by atoms with Crippen LogP contribution < -0.4 is 4.72 Å². The van der Waals surface area contributed by atoms with Gasteiger partial charge in [-0.25, -0.2) is 21.6 Å². The highest BCUT2D eigenvalue weighted by Crippen LogP contribution is 2.32. The normalized spacial score (nSPS) is 21.2. The van der Waals surface area contributed by atoms with E-state index in [0.717, 1.165) is 36.8 Å². The molecule has 0 aromatic heterocycles. The van der Waals surface area contributed by atoms with Gasteiger partial charge in [-0.05, 0) is 67.0 Å². The summed E-state index contributed by atoms with van der Waals surface area (Å²) < 4.78 is 55.6. The molecule has 1 aliphatic heterocycles. The molecule has 156 valence electrons. The predicted molar refractivity (Wildman–Crippen MR) is 111 cm³/mol. The van der Waals surface area contributed by atoms with Gasteiger partial charge in [0.15, 0.2) is 0 Å². The summed E-state index contributed by atoms with van der Waals surface area (Å²) >= 11 is 0. The molecule has 1 N–H and O–H groups in total. The molecule has 2 aliphatic rings. The first-order chi connectivity index (χ1) is 13.8. The van der Waals surface area contributed by atoms with Crippen molar-refractivity contribution in [2.45, 2.75) is 48.4 Å². The van der Waals surface area contributed by atoms with Crippen molar-refractivity contribution < 1.29 is 16.8 Å². The van der Waals surface area contributed by atoms with Crippen molar-refractivity contribution in [3.63, 3.8) is 0 Å². The van der Waals surface area contributed by atoms with Gasteiger partial charge in [0.25, 0.3) is 0 Å². The van der Waals surface area contributed by atoms with E-state index in [2.05, 4.69) is 11.6 Å². The number of hydrogen-bond donors (Lipinski definition) is 1. The smallest absolute Gasteiger partial charge is 0.207 e. The molecule has 29 heavy (non-hydrogen) atoms. The number of fused-ring (bicyclic) bond motifs is 1. The van der Waals surface area contributed by atoms with Gasteiger partial charge in [0, 0.05) is 19.1 Å². The highest BCUT2D eigenvalue weighted by Gasteiger charge is 2.30. The summed E-state index contributed by atoms with van der Waals surface area (Å²) in [6, 6.07) is 13.1. The fourth-order valence-electron chi connectivity index (χ4n) is 4.10. The Hall–Kier alpha value is -1.74. The fourth-order valence-corrected chi connectivity index (χ4v) is 6.82. The van der Waals surface area contributed by atoms with Gasteiger partial charge in [-0.1, -0.05) is 31.2 Å². The molecule has 1 saturated heterocycles. The van der Waals surface area contributed by atoms with Crippen LogP contribution in [0.3, 0.4) is 0 Å². The van der Waals surface area contributed by atoms with Gasteiger partial charge in [-0.2, -0.15) is 4.31 Å². The largest absolute Gasteiger partial charge is 0.243 e. The number of aryl methyl sites for hydroxylation is 1. The van der Waals surface area contributed by atoms with Gasteiger partial charge in [0.1, 0.15) is 0 Å². The molecule has 0 bridgehead atoms. The summed E-state index contributed by atoms with van der Waals surface area (Å²) in [4.78, 5) is 0.213. The Balaban J connectivity index is 1.51. The minimum Gasteiger partial charge on any atom is -0.207 e. The second-order valence-electron chi connectivity index (χ2n) is 7.97. The van der Waals surface area contributed by atoms with E-state index in [1.54, 1.807) is 0 Å². The van der Waals surface area contributed by atoms with Crippen LogP contribution in [0, 0.1) is 5.92 Å². The van der Waals surface area contributed by atoms with Crippen molar-refractivity contribution in [3.05, 3.63) is 59.7 Å². The van der Waals surface area contributed by atoms with Crippen molar-refractivity contribution in [2.75, 3.05) is 13.1 Å². The molecule has 6 nitrogen and oxygen atoms in total. The zero-order chi connectivity index (χ0) is 20.6. The summed E-state index contributed by atoms with van der Waals surface area (Å²) in [6.45, 7) is 3.14. The van der Waals surface area contributed by atoms with Gasteiger partial charge in [0.05, 0.1) is 9.79 Å². The minimum atomic E-state index is -3.74. The van der Waals surface area contributed by atoms with Gasteiger partial charge >= 0.3 is 0 Å². The summed E-state index contributed by atoms with van der Waals surface area (Å²) in [7, 11) is -7.33. The van der Waals surface area contributed by atoms with E-state index >= 15 is 0 Å². The minimum absolute atomic E-state index is 0.0769. The molecular weight excluding hydrogens is 408 g/mol. The van der Waals surface area contributed by atoms with E-state index in [9.17, 15) is 16.8 Å². The average molecular weight is 435 g/mol. The number of benzene rings is 2. The third-order valence-electron chi connectivity index (χ3n) is 5.94. The zero-order valence-corrected chi connectivity index (χ0v) is 18.0. The number of nitrogens with one attached hydrogen (secondary N) is 1. The highest BCUT2D eigenvalue weighted by atomic mass is 32.2. The van der Waals surface area contributed by atoms with Gasteiger partial charge < -0.3 is 0 Å². The summed E-state index contributed by atoms with van der Waals surface area (Å²) in [5, 5.41) is 0. The molecule has 1 fully saturated rings. The first-order valence-electron chi connectivity index (χ1n) is 9.98. The number of rotatable bonds is 5. The lowest BCUT2D eigenvalue weighted by Crippen LogP contribution is -2.37. The van der Waals surface area contributed by atoms with Crippen LogP contribution in [-0.4, -0.2) is 34.2 Å². The quantitative estimate of drug-likeness (QED) is 0.784. The molecular formula is C21H26N2O4S2. The maximum atomic E-state index is 12.8. The van der Waals surface area contributed by atoms with E-state index < -0.39 is 20.0 Å². The summed E-state index contributed by atoms with van der Waals surface area (Å²) in [5.41, 5.74) is 2.17. The average Bonchev–Trinajstić information content (AvgIpc) is 3.11. The van der Waals surface area contributed by atoms with Crippen LogP contribution in [0.5, 0.6) is 0 Å². The van der Waals surface area contributed by atoms with Gasteiger partial charge in [-0.3, -0.25) is 0 Å². The van der Waals surface area contributed by atoms with E-state index in [1.807, 2.05) is 24.3 Å². The Morgan fingerprint density at radius 1 is 0.862 bits per heavy atom. The predicted octanol–water partition coefficient (Wildman–Crippen LogP) is 3.07. The summed E-state index contributed by atoms with van der Waals surface area (Å²) in [6.07, 6.45) is 3.25. The van der Waals surface area contributed by atoms with Gasteiger partial charge in [0.2, 0.25) is 20.0 Å². The van der Waals surface area contributed by atoms with Crippen LogP contribution in [0.25, 0.3) is 0 Å². The van der Waals surface area contributed by atoms with Crippen LogP contribution in [0.1, 0.15) is 43.4 Å². The van der Waals surface area contributed by atoms with Crippen LogP contribution >= 0.6 is 0 Å². The Bertz CT molecular complexity index is 1090.